The van der Waals surface area contributed by atoms with Crippen LogP contribution >= 0.6 is 0 Å². The van der Waals surface area contributed by atoms with Crippen molar-refractivity contribution >= 4 is 19.1 Å². The van der Waals surface area contributed by atoms with Gasteiger partial charge >= 0.3 is 6.18 Å². The summed E-state index contributed by atoms with van der Waals surface area (Å²) in [7, 11) is -1.31. The molecule has 0 unspecified atom stereocenters. The smallest absolute Gasteiger partial charge is 0.371 e. The SMILES string of the molecule is C[Si](C)(C)CCOCn1c(COCc2ccccc2)cc2ncc(F)c(CCC(F)(F)F)c21. The number of aryl methyl sites for hydroxylation is 1. The van der Waals surface area contributed by atoms with Gasteiger partial charge in [0.25, 0.3) is 0 Å². The van der Waals surface area contributed by atoms with Gasteiger partial charge in [0.2, 0.25) is 0 Å². The highest BCUT2D eigenvalue weighted by Crippen LogP contribution is 2.29. The highest BCUT2D eigenvalue weighted by atomic mass is 28.3. The Balaban J connectivity index is 1.87. The summed E-state index contributed by atoms with van der Waals surface area (Å²) in [5.41, 5.74) is 2.45. The number of hydrogen-bond donors (Lipinski definition) is 0. The topological polar surface area (TPSA) is 36.3 Å². The monoisotopic (exact) mass is 482 g/mol. The van der Waals surface area contributed by atoms with Crippen LogP contribution in [0.4, 0.5) is 17.6 Å². The Bertz CT molecular complexity index is 1050. The van der Waals surface area contributed by atoms with E-state index in [9.17, 15) is 17.6 Å². The molecular weight excluding hydrogens is 452 g/mol. The molecule has 2 heterocycles. The van der Waals surface area contributed by atoms with Gasteiger partial charge in [0.1, 0.15) is 12.5 Å². The lowest BCUT2D eigenvalue weighted by molar-refractivity contribution is -0.134. The summed E-state index contributed by atoms with van der Waals surface area (Å²) in [4.78, 5) is 4.12. The number of rotatable bonds is 11. The van der Waals surface area contributed by atoms with E-state index in [0.29, 0.717) is 29.9 Å². The summed E-state index contributed by atoms with van der Waals surface area (Å²) in [5, 5.41) is 0. The second kappa shape index (κ2) is 10.8. The van der Waals surface area contributed by atoms with Crippen molar-refractivity contribution in [1.82, 2.24) is 9.55 Å². The maximum Gasteiger partial charge on any atom is 0.389 e. The van der Waals surface area contributed by atoms with E-state index in [4.69, 9.17) is 9.47 Å². The lowest BCUT2D eigenvalue weighted by Crippen LogP contribution is -2.22. The molecule has 4 nitrogen and oxygen atoms in total. The Labute approximate surface area is 192 Å². The molecule has 0 bridgehead atoms. The van der Waals surface area contributed by atoms with Crippen molar-refractivity contribution in [1.29, 1.82) is 0 Å². The molecule has 33 heavy (non-hydrogen) atoms. The van der Waals surface area contributed by atoms with Crippen LogP contribution in [0.3, 0.4) is 0 Å². The van der Waals surface area contributed by atoms with Crippen LogP contribution in [0.1, 0.15) is 23.2 Å². The number of hydrogen-bond acceptors (Lipinski definition) is 3. The van der Waals surface area contributed by atoms with E-state index in [2.05, 4.69) is 24.6 Å². The summed E-state index contributed by atoms with van der Waals surface area (Å²) < 4.78 is 66.7. The van der Waals surface area contributed by atoms with Crippen LogP contribution < -0.4 is 0 Å². The fourth-order valence-electron chi connectivity index (χ4n) is 3.47. The van der Waals surface area contributed by atoms with E-state index < -0.39 is 32.9 Å². The number of aromatic nitrogens is 2. The van der Waals surface area contributed by atoms with Gasteiger partial charge < -0.3 is 14.0 Å². The van der Waals surface area contributed by atoms with Crippen molar-refractivity contribution in [2.24, 2.45) is 0 Å². The molecule has 180 valence electrons. The van der Waals surface area contributed by atoms with E-state index in [1.54, 1.807) is 10.6 Å². The average molecular weight is 483 g/mol. The molecule has 3 rings (SSSR count). The molecule has 0 saturated heterocycles. The van der Waals surface area contributed by atoms with Crippen molar-refractivity contribution in [2.75, 3.05) is 6.61 Å². The summed E-state index contributed by atoms with van der Waals surface area (Å²) in [6.45, 7) is 7.91. The molecule has 0 saturated carbocycles. The van der Waals surface area contributed by atoms with Crippen molar-refractivity contribution in [3.05, 3.63) is 65.2 Å². The number of pyridine rings is 1. The van der Waals surface area contributed by atoms with Gasteiger partial charge in [0.05, 0.1) is 30.4 Å². The van der Waals surface area contributed by atoms with E-state index in [1.165, 1.54) is 0 Å². The third-order valence-electron chi connectivity index (χ3n) is 5.29. The first-order valence-corrected chi connectivity index (χ1v) is 14.7. The van der Waals surface area contributed by atoms with Gasteiger partial charge in [0, 0.05) is 32.4 Å². The first-order chi connectivity index (χ1) is 15.5. The van der Waals surface area contributed by atoms with Crippen molar-refractivity contribution < 1.29 is 27.0 Å². The lowest BCUT2D eigenvalue weighted by atomic mass is 10.1. The van der Waals surface area contributed by atoms with Crippen LogP contribution in [0.25, 0.3) is 11.0 Å². The molecule has 0 radical (unpaired) electrons. The second-order valence-electron chi connectivity index (χ2n) is 9.32. The zero-order valence-corrected chi connectivity index (χ0v) is 20.2. The lowest BCUT2D eigenvalue weighted by Gasteiger charge is -2.18. The number of ether oxygens (including phenoxy) is 2. The predicted octanol–water partition coefficient (Wildman–Crippen LogP) is 6.70. The van der Waals surface area contributed by atoms with E-state index in [-0.39, 0.29) is 18.9 Å². The van der Waals surface area contributed by atoms with Crippen molar-refractivity contribution in [2.45, 2.75) is 64.6 Å². The normalized spacial score (nSPS) is 12.6. The van der Waals surface area contributed by atoms with Crippen LogP contribution in [0.15, 0.2) is 42.6 Å². The zero-order chi connectivity index (χ0) is 24.1. The molecule has 0 atom stereocenters. The summed E-state index contributed by atoms with van der Waals surface area (Å²) in [5.74, 6) is -0.745. The molecule has 0 N–H and O–H groups in total. The van der Waals surface area contributed by atoms with Crippen LogP contribution in [0.2, 0.25) is 25.7 Å². The molecule has 0 aliphatic carbocycles. The molecule has 0 aliphatic rings. The second-order valence-corrected chi connectivity index (χ2v) is 14.9. The van der Waals surface area contributed by atoms with Gasteiger partial charge in [-0.1, -0.05) is 50.0 Å². The highest BCUT2D eigenvalue weighted by molar-refractivity contribution is 6.76. The maximum atomic E-state index is 14.6. The molecular formula is C24H30F4N2O2Si. The van der Waals surface area contributed by atoms with Crippen LogP contribution in [0.5, 0.6) is 0 Å². The quantitative estimate of drug-likeness (QED) is 0.173. The number of alkyl halides is 3. The Morgan fingerprint density at radius 1 is 1.03 bits per heavy atom. The van der Waals surface area contributed by atoms with Gasteiger partial charge in [-0.15, -0.1) is 0 Å². The third kappa shape index (κ3) is 7.65. The highest BCUT2D eigenvalue weighted by Gasteiger charge is 2.28. The molecule has 0 fully saturated rings. The van der Waals surface area contributed by atoms with Gasteiger partial charge in [-0.2, -0.15) is 13.2 Å². The minimum atomic E-state index is -4.38. The first-order valence-electron chi connectivity index (χ1n) is 11.0. The summed E-state index contributed by atoms with van der Waals surface area (Å²) >= 11 is 0. The number of fused-ring (bicyclic) bond motifs is 1. The Hall–Kier alpha value is -2.23. The fourth-order valence-corrected chi connectivity index (χ4v) is 4.23. The van der Waals surface area contributed by atoms with Gasteiger partial charge in [-0.05, 0) is 24.1 Å². The number of benzene rings is 1. The average Bonchev–Trinajstić information content (AvgIpc) is 3.07. The minimum absolute atomic E-state index is 0.000399. The van der Waals surface area contributed by atoms with Crippen molar-refractivity contribution in [3.63, 3.8) is 0 Å². The van der Waals surface area contributed by atoms with Crippen LogP contribution in [-0.2, 0) is 35.8 Å². The molecule has 1 aromatic carbocycles. The van der Waals surface area contributed by atoms with Gasteiger partial charge in [-0.25, -0.2) is 4.39 Å². The molecule has 0 amide bonds. The summed E-state index contributed by atoms with van der Waals surface area (Å²) in [6.07, 6.45) is -4.96. The van der Waals surface area contributed by atoms with Crippen molar-refractivity contribution in [3.8, 4) is 0 Å². The fraction of sp³-hybridized carbons (Fsp3) is 0.458. The third-order valence-corrected chi connectivity index (χ3v) is 6.99. The van der Waals surface area contributed by atoms with Crippen LogP contribution in [0, 0.1) is 5.82 Å². The molecule has 3 aromatic rings. The first kappa shape index (κ1) is 25.4. The molecule has 2 aromatic heterocycles. The molecule has 0 aliphatic heterocycles. The molecule has 9 heteroatoms. The Kier molecular flexibility index (Phi) is 8.31. The standard InChI is InChI=1S/C24H30F4N2O2Si/c1-33(2,3)12-11-31-17-30-19(16-32-15-18-7-5-4-6-8-18)13-22-23(30)20(21(25)14-29-22)9-10-24(26,27)28/h4-8,13-14H,9-12,15-17H2,1-3H3. The zero-order valence-electron chi connectivity index (χ0n) is 19.2. The number of halogens is 4. The van der Waals surface area contributed by atoms with E-state index in [1.807, 2.05) is 30.3 Å². The molecule has 0 spiro atoms. The predicted molar refractivity (Wildman–Crippen MR) is 123 cm³/mol. The van der Waals surface area contributed by atoms with Crippen LogP contribution in [-0.4, -0.2) is 30.4 Å². The van der Waals surface area contributed by atoms with Gasteiger partial charge in [0.15, 0.2) is 0 Å². The van der Waals surface area contributed by atoms with E-state index >= 15 is 0 Å². The Morgan fingerprint density at radius 3 is 2.42 bits per heavy atom. The maximum absolute atomic E-state index is 14.6. The minimum Gasteiger partial charge on any atom is -0.371 e. The van der Waals surface area contributed by atoms with E-state index in [0.717, 1.165) is 17.8 Å². The summed E-state index contributed by atoms with van der Waals surface area (Å²) in [6, 6.07) is 12.3. The Morgan fingerprint density at radius 2 is 1.76 bits per heavy atom. The van der Waals surface area contributed by atoms with Gasteiger partial charge in [-0.3, -0.25) is 4.98 Å². The largest absolute Gasteiger partial charge is 0.389 e. The number of nitrogens with zero attached hydrogens (tertiary/aromatic N) is 2.